The van der Waals surface area contributed by atoms with Gasteiger partial charge in [0.2, 0.25) is 5.91 Å². The fraction of sp³-hybridized carbons (Fsp3) is 0.208. The molecule has 1 atom stereocenters. The van der Waals surface area contributed by atoms with Crippen LogP contribution in [0, 0.1) is 6.92 Å². The summed E-state index contributed by atoms with van der Waals surface area (Å²) in [4.78, 5) is 13.1. The second kappa shape index (κ2) is 10.2. The number of rotatable bonds is 8. The van der Waals surface area contributed by atoms with E-state index in [2.05, 4.69) is 21.2 Å². The maximum Gasteiger partial charge on any atom is 0.264 e. The standard InChI is InChI=1S/C24H25BrN2O4S/c1-17-11-13-21(14-12-17)32(29,30)27(20-8-6-7-19(25)15-20)16-24(28)26-18(2)22-9-4-5-10-23(22)31-3/h4-15,18H,16H2,1-3H3,(H,26,28)/t18-/m0/s1. The average Bonchev–Trinajstić information content (AvgIpc) is 2.77. The third-order valence-electron chi connectivity index (χ3n) is 4.98. The normalized spacial score (nSPS) is 12.1. The van der Waals surface area contributed by atoms with Gasteiger partial charge in [-0.25, -0.2) is 8.42 Å². The number of benzene rings is 3. The number of nitrogens with zero attached hydrogens (tertiary/aromatic N) is 1. The number of ether oxygens (including phenoxy) is 1. The van der Waals surface area contributed by atoms with E-state index in [4.69, 9.17) is 4.74 Å². The van der Waals surface area contributed by atoms with Crippen LogP contribution in [0.25, 0.3) is 0 Å². The largest absolute Gasteiger partial charge is 0.496 e. The van der Waals surface area contributed by atoms with Gasteiger partial charge in [-0.1, -0.05) is 57.9 Å². The zero-order valence-electron chi connectivity index (χ0n) is 18.1. The Labute approximate surface area is 197 Å². The van der Waals surface area contributed by atoms with Crippen LogP contribution >= 0.6 is 15.9 Å². The van der Waals surface area contributed by atoms with Crippen LogP contribution in [-0.2, 0) is 14.8 Å². The maximum absolute atomic E-state index is 13.5. The van der Waals surface area contributed by atoms with E-state index < -0.39 is 15.9 Å². The van der Waals surface area contributed by atoms with Crippen LogP contribution in [0.3, 0.4) is 0 Å². The first kappa shape index (κ1) is 23.8. The van der Waals surface area contributed by atoms with Crippen LogP contribution in [0.5, 0.6) is 5.75 Å². The summed E-state index contributed by atoms with van der Waals surface area (Å²) in [6.07, 6.45) is 0. The van der Waals surface area contributed by atoms with Gasteiger partial charge in [-0.3, -0.25) is 9.10 Å². The minimum atomic E-state index is -3.97. The lowest BCUT2D eigenvalue weighted by Gasteiger charge is -2.25. The third-order valence-corrected chi connectivity index (χ3v) is 7.26. The molecule has 168 valence electrons. The Morgan fingerprint density at radius 3 is 2.41 bits per heavy atom. The van der Waals surface area contributed by atoms with Gasteiger partial charge in [0.1, 0.15) is 12.3 Å². The Hall–Kier alpha value is -2.84. The molecule has 0 radical (unpaired) electrons. The van der Waals surface area contributed by atoms with Crippen molar-refractivity contribution in [1.82, 2.24) is 5.32 Å². The summed E-state index contributed by atoms with van der Waals surface area (Å²) in [5.41, 5.74) is 2.14. The molecule has 0 aliphatic carbocycles. The van der Waals surface area contributed by atoms with Crippen molar-refractivity contribution in [3.8, 4) is 5.75 Å². The van der Waals surface area contributed by atoms with Crippen LogP contribution in [-0.4, -0.2) is 28.0 Å². The fourth-order valence-electron chi connectivity index (χ4n) is 3.30. The van der Waals surface area contributed by atoms with Gasteiger partial charge < -0.3 is 10.1 Å². The summed E-state index contributed by atoms with van der Waals surface area (Å²) in [5.74, 6) is 0.218. The number of halogens is 1. The Balaban J connectivity index is 1.90. The zero-order chi connectivity index (χ0) is 23.3. The van der Waals surface area contributed by atoms with Crippen molar-refractivity contribution in [3.05, 3.63) is 88.4 Å². The lowest BCUT2D eigenvalue weighted by Crippen LogP contribution is -2.41. The molecule has 3 rings (SSSR count). The van der Waals surface area contributed by atoms with Crippen LogP contribution < -0.4 is 14.4 Å². The number of para-hydroxylation sites is 1. The highest BCUT2D eigenvalue weighted by Gasteiger charge is 2.28. The van der Waals surface area contributed by atoms with Crippen molar-refractivity contribution in [2.45, 2.75) is 24.8 Å². The molecule has 3 aromatic carbocycles. The molecule has 0 heterocycles. The predicted molar refractivity (Wildman–Crippen MR) is 129 cm³/mol. The van der Waals surface area contributed by atoms with Crippen molar-refractivity contribution < 1.29 is 17.9 Å². The van der Waals surface area contributed by atoms with Gasteiger partial charge in [0, 0.05) is 10.0 Å². The van der Waals surface area contributed by atoms with Gasteiger partial charge >= 0.3 is 0 Å². The van der Waals surface area contributed by atoms with E-state index in [0.717, 1.165) is 15.4 Å². The van der Waals surface area contributed by atoms with Crippen molar-refractivity contribution in [1.29, 1.82) is 0 Å². The molecule has 0 saturated carbocycles. The van der Waals surface area contributed by atoms with E-state index in [1.54, 1.807) is 55.6 Å². The Morgan fingerprint density at radius 1 is 1.06 bits per heavy atom. The van der Waals surface area contributed by atoms with Crippen molar-refractivity contribution in [3.63, 3.8) is 0 Å². The number of carbonyl (C=O) groups is 1. The third kappa shape index (κ3) is 5.49. The highest BCUT2D eigenvalue weighted by Crippen LogP contribution is 2.27. The molecular weight excluding hydrogens is 492 g/mol. The van der Waals surface area contributed by atoms with E-state index in [0.29, 0.717) is 15.9 Å². The number of amides is 1. The number of anilines is 1. The number of methoxy groups -OCH3 is 1. The number of sulfonamides is 1. The average molecular weight is 517 g/mol. The minimum Gasteiger partial charge on any atom is -0.496 e. The van der Waals surface area contributed by atoms with Crippen LogP contribution in [0.1, 0.15) is 24.1 Å². The molecule has 0 aliphatic heterocycles. The van der Waals surface area contributed by atoms with E-state index in [-0.39, 0.29) is 17.5 Å². The van der Waals surface area contributed by atoms with Crippen molar-refractivity contribution >= 4 is 37.5 Å². The van der Waals surface area contributed by atoms with E-state index in [9.17, 15) is 13.2 Å². The first-order chi connectivity index (χ1) is 15.2. The molecule has 0 bridgehead atoms. The molecule has 0 spiro atoms. The van der Waals surface area contributed by atoms with Gasteiger partial charge in [0.05, 0.1) is 23.7 Å². The van der Waals surface area contributed by atoms with Crippen LogP contribution in [0.15, 0.2) is 82.2 Å². The van der Waals surface area contributed by atoms with Crippen molar-refractivity contribution in [2.24, 2.45) is 0 Å². The molecule has 32 heavy (non-hydrogen) atoms. The number of carbonyl (C=O) groups excluding carboxylic acids is 1. The second-order valence-corrected chi connectivity index (χ2v) is 10.1. The molecule has 0 unspecified atom stereocenters. The molecule has 1 amide bonds. The van der Waals surface area contributed by atoms with Gasteiger partial charge in [-0.05, 0) is 50.2 Å². The zero-order valence-corrected chi connectivity index (χ0v) is 20.5. The number of nitrogens with one attached hydrogen (secondary N) is 1. The van der Waals surface area contributed by atoms with E-state index in [1.807, 2.05) is 38.1 Å². The molecule has 0 aromatic heterocycles. The van der Waals surface area contributed by atoms with Gasteiger partial charge in [0.25, 0.3) is 10.0 Å². The van der Waals surface area contributed by atoms with E-state index >= 15 is 0 Å². The summed E-state index contributed by atoms with van der Waals surface area (Å²) in [6.45, 7) is 3.34. The maximum atomic E-state index is 13.5. The highest BCUT2D eigenvalue weighted by molar-refractivity contribution is 9.10. The molecule has 8 heteroatoms. The number of aryl methyl sites for hydroxylation is 1. The SMILES string of the molecule is COc1ccccc1[C@H](C)NC(=O)CN(c1cccc(Br)c1)S(=O)(=O)c1ccc(C)cc1. The molecule has 1 N–H and O–H groups in total. The topological polar surface area (TPSA) is 75.7 Å². The fourth-order valence-corrected chi connectivity index (χ4v) is 5.10. The number of hydrogen-bond donors (Lipinski definition) is 1. The minimum absolute atomic E-state index is 0.119. The Kier molecular flexibility index (Phi) is 7.58. The lowest BCUT2D eigenvalue weighted by molar-refractivity contribution is -0.120. The van der Waals surface area contributed by atoms with Gasteiger partial charge in [-0.2, -0.15) is 0 Å². The molecular formula is C24H25BrN2O4S. The van der Waals surface area contributed by atoms with Crippen molar-refractivity contribution in [2.75, 3.05) is 18.0 Å². The quantitative estimate of drug-likeness (QED) is 0.464. The summed E-state index contributed by atoms with van der Waals surface area (Å²) in [5, 5.41) is 2.88. The summed E-state index contributed by atoms with van der Waals surface area (Å²) in [7, 11) is -2.40. The predicted octanol–water partition coefficient (Wildman–Crippen LogP) is 4.84. The van der Waals surface area contributed by atoms with E-state index in [1.165, 1.54) is 0 Å². The lowest BCUT2D eigenvalue weighted by atomic mass is 10.1. The first-order valence-corrected chi connectivity index (χ1v) is 12.2. The molecule has 0 saturated heterocycles. The van der Waals surface area contributed by atoms with Crippen LogP contribution in [0.4, 0.5) is 5.69 Å². The molecule has 3 aromatic rings. The summed E-state index contributed by atoms with van der Waals surface area (Å²) >= 11 is 3.38. The molecule has 6 nitrogen and oxygen atoms in total. The highest BCUT2D eigenvalue weighted by atomic mass is 79.9. The summed E-state index contributed by atoms with van der Waals surface area (Å²) in [6, 6.07) is 20.4. The summed E-state index contributed by atoms with van der Waals surface area (Å²) < 4.78 is 34.1. The molecule has 0 aliphatic rings. The first-order valence-electron chi connectivity index (χ1n) is 9.99. The number of hydrogen-bond acceptors (Lipinski definition) is 4. The Bertz CT molecular complexity index is 1200. The monoisotopic (exact) mass is 516 g/mol. The molecule has 0 fully saturated rings. The smallest absolute Gasteiger partial charge is 0.264 e. The Morgan fingerprint density at radius 2 is 1.75 bits per heavy atom. The van der Waals surface area contributed by atoms with Gasteiger partial charge in [0.15, 0.2) is 0 Å². The van der Waals surface area contributed by atoms with Gasteiger partial charge in [-0.15, -0.1) is 0 Å². The second-order valence-electron chi connectivity index (χ2n) is 7.34. The van der Waals surface area contributed by atoms with Crippen LogP contribution in [0.2, 0.25) is 0 Å².